The molecule has 0 spiro atoms. The second-order valence-corrected chi connectivity index (χ2v) is 5.77. The zero-order chi connectivity index (χ0) is 17.7. The van der Waals surface area contributed by atoms with E-state index in [0.717, 1.165) is 11.1 Å². The molecule has 126 valence electrons. The summed E-state index contributed by atoms with van der Waals surface area (Å²) in [5.41, 5.74) is 2.08. The quantitative estimate of drug-likeness (QED) is 0.833. The third-order valence-electron chi connectivity index (χ3n) is 3.58. The van der Waals surface area contributed by atoms with Crippen molar-refractivity contribution in [1.29, 1.82) is 0 Å². The van der Waals surface area contributed by atoms with Crippen molar-refractivity contribution < 1.29 is 14.3 Å². The Labute approximate surface area is 146 Å². The molecular formula is C18H19ClN2O3. The van der Waals surface area contributed by atoms with Gasteiger partial charge in [0.15, 0.2) is 0 Å². The highest BCUT2D eigenvalue weighted by Crippen LogP contribution is 2.30. The summed E-state index contributed by atoms with van der Waals surface area (Å²) in [5.74, 6) is -1.10. The largest absolute Gasteiger partial charge is 0.495 e. The van der Waals surface area contributed by atoms with Crippen molar-refractivity contribution >= 4 is 29.1 Å². The summed E-state index contributed by atoms with van der Waals surface area (Å²) in [6, 6.07) is 12.4. The molecule has 0 aliphatic carbocycles. The number of rotatable bonds is 4. The van der Waals surface area contributed by atoms with E-state index >= 15 is 0 Å². The number of nitrogens with one attached hydrogen (secondary N) is 2. The molecule has 2 rings (SSSR count). The van der Waals surface area contributed by atoms with Crippen LogP contribution in [0.4, 0.5) is 5.69 Å². The molecule has 2 amide bonds. The molecule has 1 atom stereocenters. The number of carbonyl (C=O) groups is 2. The van der Waals surface area contributed by atoms with Crippen molar-refractivity contribution in [1.82, 2.24) is 5.32 Å². The van der Waals surface area contributed by atoms with Gasteiger partial charge < -0.3 is 15.4 Å². The molecule has 0 saturated carbocycles. The van der Waals surface area contributed by atoms with E-state index in [9.17, 15) is 9.59 Å². The van der Waals surface area contributed by atoms with Gasteiger partial charge in [0.2, 0.25) is 0 Å². The average molecular weight is 347 g/mol. The van der Waals surface area contributed by atoms with Crippen LogP contribution >= 0.6 is 11.6 Å². The lowest BCUT2D eigenvalue weighted by Gasteiger charge is -2.15. The molecule has 5 nitrogen and oxygen atoms in total. The molecule has 0 heterocycles. The summed E-state index contributed by atoms with van der Waals surface area (Å²) in [6.45, 7) is 3.61. The Morgan fingerprint density at radius 3 is 2.42 bits per heavy atom. The van der Waals surface area contributed by atoms with E-state index < -0.39 is 11.8 Å². The van der Waals surface area contributed by atoms with Crippen molar-refractivity contribution in [3.8, 4) is 5.75 Å². The van der Waals surface area contributed by atoms with Crippen molar-refractivity contribution in [2.75, 3.05) is 12.4 Å². The van der Waals surface area contributed by atoms with Crippen LogP contribution in [0.15, 0.2) is 42.5 Å². The van der Waals surface area contributed by atoms with Gasteiger partial charge in [-0.05, 0) is 31.0 Å². The number of ether oxygens (including phenoxy) is 1. The van der Waals surface area contributed by atoms with Crippen LogP contribution in [-0.2, 0) is 9.59 Å². The van der Waals surface area contributed by atoms with Gasteiger partial charge >= 0.3 is 11.8 Å². The number of anilines is 1. The maximum absolute atomic E-state index is 12.1. The normalized spacial score (nSPS) is 11.5. The molecule has 0 aliphatic rings. The van der Waals surface area contributed by atoms with Gasteiger partial charge in [0.05, 0.1) is 18.8 Å². The fourth-order valence-corrected chi connectivity index (χ4v) is 2.35. The highest BCUT2D eigenvalue weighted by Gasteiger charge is 2.19. The molecule has 1 unspecified atom stereocenters. The van der Waals surface area contributed by atoms with Crippen LogP contribution in [0, 0.1) is 6.92 Å². The van der Waals surface area contributed by atoms with E-state index in [4.69, 9.17) is 16.3 Å². The first kappa shape index (κ1) is 17.8. The maximum atomic E-state index is 12.1. The number of hydrogen-bond donors (Lipinski definition) is 2. The number of methoxy groups -OCH3 is 1. The first-order valence-corrected chi connectivity index (χ1v) is 7.81. The molecular weight excluding hydrogens is 328 g/mol. The lowest BCUT2D eigenvalue weighted by atomic mass is 10.1. The monoisotopic (exact) mass is 346 g/mol. The summed E-state index contributed by atoms with van der Waals surface area (Å²) in [6.07, 6.45) is 0. The molecule has 0 bridgehead atoms. The topological polar surface area (TPSA) is 67.4 Å². The Balaban J connectivity index is 2.07. The van der Waals surface area contributed by atoms with Crippen molar-refractivity contribution in [2.45, 2.75) is 19.9 Å². The molecule has 6 heteroatoms. The Morgan fingerprint density at radius 2 is 1.79 bits per heavy atom. The summed E-state index contributed by atoms with van der Waals surface area (Å²) in [7, 11) is 1.47. The fourth-order valence-electron chi connectivity index (χ4n) is 2.20. The van der Waals surface area contributed by atoms with E-state index in [0.29, 0.717) is 16.5 Å². The Hall–Kier alpha value is -2.53. The van der Waals surface area contributed by atoms with Gasteiger partial charge in [-0.15, -0.1) is 0 Å². The van der Waals surface area contributed by atoms with Gasteiger partial charge in [-0.2, -0.15) is 0 Å². The molecule has 0 aliphatic heterocycles. The molecule has 0 aromatic heterocycles. The zero-order valence-electron chi connectivity index (χ0n) is 13.7. The van der Waals surface area contributed by atoms with Crippen molar-refractivity contribution in [3.63, 3.8) is 0 Å². The maximum Gasteiger partial charge on any atom is 0.313 e. The van der Waals surface area contributed by atoms with Crippen LogP contribution in [0.25, 0.3) is 0 Å². The smallest absolute Gasteiger partial charge is 0.313 e. The van der Waals surface area contributed by atoms with Gasteiger partial charge in [0, 0.05) is 11.1 Å². The van der Waals surface area contributed by atoms with Crippen LogP contribution in [0.1, 0.15) is 24.1 Å². The second-order valence-electron chi connectivity index (χ2n) is 5.36. The second kappa shape index (κ2) is 7.84. The van der Waals surface area contributed by atoms with E-state index in [1.807, 2.05) is 37.3 Å². The van der Waals surface area contributed by atoms with Gasteiger partial charge in [0.1, 0.15) is 5.75 Å². The number of carbonyl (C=O) groups excluding carboxylic acids is 2. The van der Waals surface area contributed by atoms with E-state index in [2.05, 4.69) is 10.6 Å². The van der Waals surface area contributed by atoms with Crippen LogP contribution in [0.5, 0.6) is 5.75 Å². The SMILES string of the molecule is COc1cc(Cl)c(C)cc1NC(=O)C(=O)NC(C)c1ccccc1. The predicted molar refractivity (Wildman–Crippen MR) is 94.4 cm³/mol. The third kappa shape index (κ3) is 4.26. The Bertz CT molecular complexity index is 747. The minimum absolute atomic E-state index is 0.279. The first-order chi connectivity index (χ1) is 11.4. The molecule has 0 saturated heterocycles. The van der Waals surface area contributed by atoms with E-state index in [-0.39, 0.29) is 6.04 Å². The van der Waals surface area contributed by atoms with Crippen LogP contribution in [-0.4, -0.2) is 18.9 Å². The van der Waals surface area contributed by atoms with E-state index in [1.54, 1.807) is 19.1 Å². The number of amides is 2. The summed E-state index contributed by atoms with van der Waals surface area (Å²) < 4.78 is 5.18. The molecule has 0 fully saturated rings. The minimum atomic E-state index is -0.766. The summed E-state index contributed by atoms with van der Waals surface area (Å²) >= 11 is 6.03. The number of benzene rings is 2. The predicted octanol–water partition coefficient (Wildman–Crippen LogP) is 3.47. The minimum Gasteiger partial charge on any atom is -0.495 e. The first-order valence-electron chi connectivity index (χ1n) is 7.43. The van der Waals surface area contributed by atoms with Gasteiger partial charge in [-0.3, -0.25) is 9.59 Å². The summed E-state index contributed by atoms with van der Waals surface area (Å²) in [4.78, 5) is 24.2. The third-order valence-corrected chi connectivity index (χ3v) is 3.99. The molecule has 2 N–H and O–H groups in total. The lowest BCUT2D eigenvalue weighted by molar-refractivity contribution is -0.136. The number of hydrogen-bond acceptors (Lipinski definition) is 3. The molecule has 2 aromatic carbocycles. The fraction of sp³-hybridized carbons (Fsp3) is 0.222. The highest BCUT2D eigenvalue weighted by molar-refractivity contribution is 6.40. The lowest BCUT2D eigenvalue weighted by Crippen LogP contribution is -2.37. The van der Waals surface area contributed by atoms with Gasteiger partial charge in [-0.1, -0.05) is 41.9 Å². The molecule has 24 heavy (non-hydrogen) atoms. The van der Waals surface area contributed by atoms with Crippen LogP contribution in [0.3, 0.4) is 0 Å². The molecule has 0 radical (unpaired) electrons. The van der Waals surface area contributed by atoms with Crippen LogP contribution in [0.2, 0.25) is 5.02 Å². The summed E-state index contributed by atoms with van der Waals surface area (Å²) in [5, 5.41) is 5.73. The highest BCUT2D eigenvalue weighted by atomic mass is 35.5. The van der Waals surface area contributed by atoms with Crippen molar-refractivity contribution in [3.05, 3.63) is 58.6 Å². The van der Waals surface area contributed by atoms with Gasteiger partial charge in [0.25, 0.3) is 0 Å². The number of halogens is 1. The van der Waals surface area contributed by atoms with E-state index in [1.165, 1.54) is 7.11 Å². The zero-order valence-corrected chi connectivity index (χ0v) is 14.5. The van der Waals surface area contributed by atoms with Crippen molar-refractivity contribution in [2.24, 2.45) is 0 Å². The van der Waals surface area contributed by atoms with Gasteiger partial charge in [-0.25, -0.2) is 0 Å². The Morgan fingerprint density at radius 1 is 1.12 bits per heavy atom. The van der Waals surface area contributed by atoms with Crippen LogP contribution < -0.4 is 15.4 Å². The average Bonchev–Trinajstić information content (AvgIpc) is 2.58. The number of aryl methyl sites for hydroxylation is 1. The Kier molecular flexibility index (Phi) is 5.82. The molecule has 2 aromatic rings. The standard InChI is InChI=1S/C18H19ClN2O3/c1-11-9-15(16(24-3)10-14(11)19)21-18(23)17(22)20-12(2)13-7-5-4-6-8-13/h4-10,12H,1-3H3,(H,20,22)(H,21,23).